The van der Waals surface area contributed by atoms with Crippen molar-refractivity contribution in [2.75, 3.05) is 44.5 Å². The lowest BCUT2D eigenvalue weighted by Crippen LogP contribution is -2.41. The molecule has 1 unspecified atom stereocenters. The number of hydrogen-bond donors (Lipinski definition) is 5. The predicted molar refractivity (Wildman–Crippen MR) is 193 cm³/mol. The molecule has 2 aromatic heterocycles. The molecule has 1 aliphatic heterocycles. The molecule has 0 bridgehead atoms. The first-order valence-electron chi connectivity index (χ1n) is 16.7. The number of primary amides is 1. The van der Waals surface area contributed by atoms with Gasteiger partial charge in [0.1, 0.15) is 5.75 Å². The highest BCUT2D eigenvalue weighted by atomic mass is 31.2. The molecule has 4 aromatic rings. The van der Waals surface area contributed by atoms with Gasteiger partial charge in [-0.1, -0.05) is 32.0 Å². The fourth-order valence-corrected chi connectivity index (χ4v) is 7.19. The average molecular weight is 707 g/mol. The first kappa shape index (κ1) is 36.9. The van der Waals surface area contributed by atoms with E-state index in [-0.39, 0.29) is 5.92 Å². The van der Waals surface area contributed by atoms with E-state index >= 15 is 0 Å². The maximum Gasteiger partial charge on any atom is 0.466 e. The van der Waals surface area contributed by atoms with E-state index in [1.54, 1.807) is 11.8 Å². The molecule has 0 spiro atoms. The van der Waals surface area contributed by atoms with Crippen molar-refractivity contribution in [3.8, 4) is 17.1 Å². The third-order valence-corrected chi connectivity index (χ3v) is 9.57. The number of benzene rings is 2. The van der Waals surface area contributed by atoms with E-state index in [9.17, 15) is 4.79 Å². The first-order chi connectivity index (χ1) is 23.7. The first-order valence-corrected chi connectivity index (χ1v) is 18.3. The van der Waals surface area contributed by atoms with Crippen molar-refractivity contribution in [1.29, 1.82) is 0 Å². The third kappa shape index (κ3) is 8.00. The topological polar surface area (TPSA) is 192 Å². The molecule has 0 radical (unpaired) electrons. The number of ether oxygens (including phenoxy) is 1. The van der Waals surface area contributed by atoms with E-state index < -0.39 is 13.7 Å². The molecular weight excluding hydrogens is 659 g/mol. The Labute approximate surface area is 292 Å². The van der Waals surface area contributed by atoms with Crippen LogP contribution in [0.15, 0.2) is 42.6 Å². The Kier molecular flexibility index (Phi) is 11.3. The molecule has 1 saturated heterocycles. The van der Waals surface area contributed by atoms with Crippen LogP contribution < -0.4 is 20.7 Å². The number of piperidine rings is 1. The number of nitrogens with two attached hydrogens (primary N) is 1. The molecule has 1 atom stereocenters. The fraction of sp³-hybridized carbons (Fsp3) is 0.429. The number of phosphoric acid groups is 1. The Morgan fingerprint density at radius 3 is 2.28 bits per heavy atom. The van der Waals surface area contributed by atoms with Gasteiger partial charge in [0.2, 0.25) is 5.95 Å². The highest BCUT2D eigenvalue weighted by Gasteiger charge is 2.37. The summed E-state index contributed by atoms with van der Waals surface area (Å²) in [5.41, 5.74) is 15.4. The van der Waals surface area contributed by atoms with Crippen molar-refractivity contribution >= 4 is 31.1 Å². The number of methoxy groups -OCH3 is 1. The molecule has 50 heavy (non-hydrogen) atoms. The number of aromatic nitrogens is 4. The van der Waals surface area contributed by atoms with Crippen molar-refractivity contribution in [3.63, 3.8) is 0 Å². The molecule has 1 aliphatic carbocycles. The highest BCUT2D eigenvalue weighted by molar-refractivity contribution is 7.45. The summed E-state index contributed by atoms with van der Waals surface area (Å²) in [7, 11) is 3.21. The molecule has 2 aromatic carbocycles. The highest BCUT2D eigenvalue weighted by Crippen LogP contribution is 2.46. The zero-order valence-electron chi connectivity index (χ0n) is 29.4. The molecule has 14 nitrogen and oxygen atoms in total. The standard InChI is InChI=1S/C35H44N8O2.H3O4P/c1-7-21-10-9-11-22(8-2)29(21)26-18-23-20-37-35(39-31(23)33-30(26)32(34(36)44)40-42(33)5)38-27-13-12-25(19-28(27)45-6)43-16-14-24(15-17-43)41(3)4;1-5(2,3)4/h9-13,19-20,24,26H,7-8,14-18H2,1-6H3,(H2,36,44)(H,37,38,39);(H3,1,2,3,4). The van der Waals surface area contributed by atoms with Gasteiger partial charge in [-0.3, -0.25) is 9.48 Å². The van der Waals surface area contributed by atoms with Gasteiger partial charge >= 0.3 is 7.82 Å². The van der Waals surface area contributed by atoms with E-state index in [1.807, 2.05) is 19.3 Å². The maximum absolute atomic E-state index is 12.7. The van der Waals surface area contributed by atoms with Gasteiger partial charge in [-0.2, -0.15) is 5.10 Å². The summed E-state index contributed by atoms with van der Waals surface area (Å²) in [4.78, 5) is 48.8. The Hall–Kier alpha value is -4.33. The van der Waals surface area contributed by atoms with Crippen LogP contribution in [0.3, 0.4) is 0 Å². The maximum atomic E-state index is 12.7. The van der Waals surface area contributed by atoms with Crippen molar-refractivity contribution < 1.29 is 28.8 Å². The van der Waals surface area contributed by atoms with Crippen LogP contribution in [-0.4, -0.2) is 85.6 Å². The molecule has 6 rings (SSSR count). The zero-order chi connectivity index (χ0) is 36.3. The fourth-order valence-electron chi connectivity index (χ4n) is 7.19. The van der Waals surface area contributed by atoms with Crippen molar-refractivity contribution in [2.45, 2.75) is 57.9 Å². The van der Waals surface area contributed by atoms with Crippen LogP contribution in [0.2, 0.25) is 0 Å². The predicted octanol–water partition coefficient (Wildman–Crippen LogP) is 4.14. The molecule has 0 saturated carbocycles. The number of amides is 1. The number of carbonyl (C=O) groups is 1. The zero-order valence-corrected chi connectivity index (χ0v) is 30.3. The van der Waals surface area contributed by atoms with Crippen LogP contribution >= 0.6 is 7.82 Å². The molecular formula is C35H47N8O6P. The number of aryl methyl sites for hydroxylation is 3. The van der Waals surface area contributed by atoms with Crippen LogP contribution in [0, 0.1) is 0 Å². The van der Waals surface area contributed by atoms with Crippen LogP contribution in [-0.2, 0) is 30.9 Å². The van der Waals surface area contributed by atoms with Gasteiger partial charge in [-0.05, 0) is 80.6 Å². The number of carbonyl (C=O) groups excluding carboxylic acids is 1. The van der Waals surface area contributed by atoms with E-state index in [2.05, 4.69) is 78.5 Å². The average Bonchev–Trinajstić information content (AvgIpc) is 3.44. The van der Waals surface area contributed by atoms with E-state index in [0.717, 1.165) is 78.4 Å². The molecule has 1 fully saturated rings. The molecule has 6 N–H and O–H groups in total. The second-order valence-electron chi connectivity index (χ2n) is 12.8. The van der Waals surface area contributed by atoms with Gasteiger partial charge in [0.05, 0.1) is 24.2 Å². The van der Waals surface area contributed by atoms with E-state index in [4.69, 9.17) is 39.7 Å². The van der Waals surface area contributed by atoms with Gasteiger partial charge in [-0.25, -0.2) is 14.5 Å². The van der Waals surface area contributed by atoms with Gasteiger partial charge in [0.25, 0.3) is 5.91 Å². The quantitative estimate of drug-likeness (QED) is 0.157. The lowest BCUT2D eigenvalue weighted by atomic mass is 9.75. The summed E-state index contributed by atoms with van der Waals surface area (Å²) in [6.45, 7) is 6.36. The van der Waals surface area contributed by atoms with Crippen LogP contribution in [0.25, 0.3) is 11.4 Å². The number of hydrogen-bond acceptors (Lipinski definition) is 9. The molecule has 2 aliphatic rings. The van der Waals surface area contributed by atoms with Crippen LogP contribution in [0.5, 0.6) is 5.75 Å². The molecule has 268 valence electrons. The number of nitrogens with one attached hydrogen (secondary N) is 1. The van der Waals surface area contributed by atoms with Gasteiger partial charge in [0, 0.05) is 55.6 Å². The smallest absolute Gasteiger partial charge is 0.466 e. The number of anilines is 3. The minimum atomic E-state index is -4.64. The Bertz CT molecular complexity index is 1870. The van der Waals surface area contributed by atoms with Gasteiger partial charge in [0.15, 0.2) is 5.69 Å². The second-order valence-corrected chi connectivity index (χ2v) is 13.9. The van der Waals surface area contributed by atoms with Crippen LogP contribution in [0.1, 0.15) is 70.9 Å². The number of fused-ring (bicyclic) bond motifs is 3. The van der Waals surface area contributed by atoms with Gasteiger partial charge < -0.3 is 40.3 Å². The summed E-state index contributed by atoms with van der Waals surface area (Å²) in [5, 5.41) is 8.01. The van der Waals surface area contributed by atoms with Gasteiger partial charge in [-0.15, -0.1) is 0 Å². The Morgan fingerprint density at radius 2 is 1.72 bits per heavy atom. The third-order valence-electron chi connectivity index (χ3n) is 9.57. The Balaban J connectivity index is 0.000000908. The van der Waals surface area contributed by atoms with Crippen LogP contribution in [0.4, 0.5) is 17.3 Å². The monoisotopic (exact) mass is 706 g/mol. The normalized spacial score (nSPS) is 16.0. The Morgan fingerprint density at radius 1 is 1.08 bits per heavy atom. The van der Waals surface area contributed by atoms with Crippen molar-refractivity contribution in [3.05, 3.63) is 76.1 Å². The van der Waals surface area contributed by atoms with Crippen molar-refractivity contribution in [1.82, 2.24) is 24.6 Å². The second kappa shape index (κ2) is 15.3. The lowest BCUT2D eigenvalue weighted by Gasteiger charge is -2.36. The summed E-state index contributed by atoms with van der Waals surface area (Å²) in [6.07, 6.45) is 6.60. The number of rotatable bonds is 9. The summed E-state index contributed by atoms with van der Waals surface area (Å²) in [6, 6.07) is 13.3. The summed E-state index contributed by atoms with van der Waals surface area (Å²) in [5.74, 6) is 0.563. The van der Waals surface area contributed by atoms with E-state index in [0.29, 0.717) is 24.1 Å². The van der Waals surface area contributed by atoms with E-state index in [1.165, 1.54) is 16.7 Å². The lowest BCUT2D eigenvalue weighted by molar-refractivity contribution is 0.0993. The largest absolute Gasteiger partial charge is 0.494 e. The molecule has 3 heterocycles. The minimum absolute atomic E-state index is 0.0763. The summed E-state index contributed by atoms with van der Waals surface area (Å²) < 4.78 is 16.4. The van der Waals surface area contributed by atoms with Crippen molar-refractivity contribution in [2.24, 2.45) is 12.8 Å². The number of nitrogens with zero attached hydrogens (tertiary/aromatic N) is 6. The molecule has 1 amide bonds. The SMILES string of the molecule is CCc1cccc(CC)c1C1Cc2cnc(Nc3ccc(N4CCC(N(C)C)CC4)cc3OC)nc2-c2c1c(C(N)=O)nn2C.O=P(O)(O)O. The molecule has 15 heteroatoms. The summed E-state index contributed by atoms with van der Waals surface area (Å²) >= 11 is 0. The minimum Gasteiger partial charge on any atom is -0.494 e.